The number of Topliss-reactive ketones (excluding diaryl/α,β-unsaturated/α-hetero) is 1. The van der Waals surface area contributed by atoms with Gasteiger partial charge >= 0.3 is 0 Å². The maximum Gasteiger partial charge on any atom is 0.227 e. The van der Waals surface area contributed by atoms with Crippen LogP contribution >= 0.6 is 11.8 Å². The van der Waals surface area contributed by atoms with Gasteiger partial charge in [0, 0.05) is 35.8 Å². The number of hydrogen-bond donors (Lipinski definition) is 1. The fourth-order valence-electron chi connectivity index (χ4n) is 3.63. The van der Waals surface area contributed by atoms with Crippen molar-refractivity contribution in [2.75, 3.05) is 5.32 Å². The minimum absolute atomic E-state index is 0.160. The lowest BCUT2D eigenvalue weighted by molar-refractivity contribution is -0.116. The maximum atomic E-state index is 12.7. The number of carbonyl (C=O) groups is 1. The highest BCUT2D eigenvalue weighted by Gasteiger charge is 2.37. The van der Waals surface area contributed by atoms with Crippen molar-refractivity contribution in [1.29, 1.82) is 0 Å². The van der Waals surface area contributed by atoms with Gasteiger partial charge in [-0.05, 0) is 37.1 Å². The van der Waals surface area contributed by atoms with E-state index in [0.717, 1.165) is 35.5 Å². The molecule has 0 radical (unpaired) electrons. The standard InChI is InChI=1S/C20H18N6OS/c27-16-9-5-8-14-17(16)18(15-7-2-4-11-22-15)26-19(23-14)24-20(25-26)28-12-13-6-1-3-10-21-13/h1-4,6-7,10-11,18H,5,8-9,12H2,(H,23,24,25)/t18-/m1/s1. The molecule has 0 saturated heterocycles. The molecule has 1 aliphatic carbocycles. The first-order valence-electron chi connectivity index (χ1n) is 9.23. The molecular formula is C20H18N6OS. The molecule has 28 heavy (non-hydrogen) atoms. The maximum absolute atomic E-state index is 12.7. The predicted molar refractivity (Wildman–Crippen MR) is 106 cm³/mol. The topological polar surface area (TPSA) is 85.6 Å². The van der Waals surface area contributed by atoms with Gasteiger partial charge in [0.2, 0.25) is 11.1 Å². The minimum atomic E-state index is -0.336. The van der Waals surface area contributed by atoms with Crippen molar-refractivity contribution in [2.45, 2.75) is 36.2 Å². The van der Waals surface area contributed by atoms with Crippen molar-refractivity contribution in [3.8, 4) is 0 Å². The van der Waals surface area contributed by atoms with Crippen LogP contribution in [-0.2, 0) is 10.5 Å². The van der Waals surface area contributed by atoms with Crippen molar-refractivity contribution < 1.29 is 4.79 Å². The van der Waals surface area contributed by atoms with Gasteiger partial charge in [0.05, 0.1) is 11.4 Å². The Balaban J connectivity index is 1.51. The zero-order valence-electron chi connectivity index (χ0n) is 15.1. The summed E-state index contributed by atoms with van der Waals surface area (Å²) in [7, 11) is 0. The fourth-order valence-corrected chi connectivity index (χ4v) is 4.38. The van der Waals surface area contributed by atoms with Gasteiger partial charge in [0.25, 0.3) is 0 Å². The number of thioether (sulfide) groups is 1. The lowest BCUT2D eigenvalue weighted by Crippen LogP contribution is -2.32. The van der Waals surface area contributed by atoms with Gasteiger partial charge < -0.3 is 5.32 Å². The van der Waals surface area contributed by atoms with Crippen LogP contribution in [0.5, 0.6) is 0 Å². The Morgan fingerprint density at radius 2 is 1.96 bits per heavy atom. The monoisotopic (exact) mass is 390 g/mol. The second-order valence-electron chi connectivity index (χ2n) is 6.72. The number of pyridine rings is 2. The summed E-state index contributed by atoms with van der Waals surface area (Å²) in [6, 6.07) is 11.3. The van der Waals surface area contributed by atoms with Crippen molar-refractivity contribution in [1.82, 2.24) is 24.7 Å². The number of nitrogens with one attached hydrogen (secondary N) is 1. The third-order valence-corrected chi connectivity index (χ3v) is 5.76. The third kappa shape index (κ3) is 3.09. The molecule has 1 atom stereocenters. The molecule has 0 spiro atoms. The first-order chi connectivity index (χ1) is 13.8. The first-order valence-corrected chi connectivity index (χ1v) is 10.2. The average Bonchev–Trinajstić information content (AvgIpc) is 3.15. The number of rotatable bonds is 4. The molecule has 0 saturated carbocycles. The number of carbonyl (C=O) groups excluding carboxylic acids is 1. The summed E-state index contributed by atoms with van der Waals surface area (Å²) < 4.78 is 1.80. The van der Waals surface area contributed by atoms with Crippen LogP contribution in [0.2, 0.25) is 0 Å². The van der Waals surface area contributed by atoms with E-state index in [9.17, 15) is 4.79 Å². The fraction of sp³-hybridized carbons (Fsp3) is 0.250. The van der Waals surface area contributed by atoms with E-state index in [0.29, 0.717) is 23.3 Å². The van der Waals surface area contributed by atoms with Gasteiger partial charge in [-0.25, -0.2) is 4.68 Å². The molecule has 2 aliphatic rings. The molecule has 0 amide bonds. The van der Waals surface area contributed by atoms with Gasteiger partial charge in [-0.2, -0.15) is 4.98 Å². The molecule has 3 aromatic heterocycles. The quantitative estimate of drug-likeness (QED) is 0.684. The second-order valence-corrected chi connectivity index (χ2v) is 7.67. The zero-order chi connectivity index (χ0) is 18.9. The van der Waals surface area contributed by atoms with E-state index < -0.39 is 0 Å². The highest BCUT2D eigenvalue weighted by Crippen LogP contribution is 2.39. The molecule has 1 N–H and O–H groups in total. The zero-order valence-corrected chi connectivity index (χ0v) is 15.9. The second kappa shape index (κ2) is 7.20. The van der Waals surface area contributed by atoms with Crippen LogP contribution in [0.15, 0.2) is 65.2 Å². The average molecular weight is 390 g/mol. The summed E-state index contributed by atoms with van der Waals surface area (Å²) in [4.78, 5) is 26.3. The molecule has 0 unspecified atom stereocenters. The summed E-state index contributed by atoms with van der Waals surface area (Å²) in [6.07, 6.45) is 5.79. The van der Waals surface area contributed by atoms with E-state index in [2.05, 4.69) is 20.3 Å². The molecule has 0 bridgehead atoms. The summed E-state index contributed by atoms with van der Waals surface area (Å²) in [5.74, 6) is 1.51. The molecule has 8 heteroatoms. The Kier molecular flexibility index (Phi) is 4.40. The number of allylic oxidation sites excluding steroid dienone is 2. The Labute approximate surface area is 166 Å². The van der Waals surface area contributed by atoms with Gasteiger partial charge in [-0.3, -0.25) is 14.8 Å². The summed E-state index contributed by atoms with van der Waals surface area (Å²) >= 11 is 1.53. The van der Waals surface area contributed by atoms with E-state index in [1.807, 2.05) is 36.4 Å². The van der Waals surface area contributed by atoms with Gasteiger partial charge in [0.1, 0.15) is 6.04 Å². The normalized spacial score (nSPS) is 18.4. The number of ketones is 1. The van der Waals surface area contributed by atoms with Crippen molar-refractivity contribution >= 4 is 23.5 Å². The Morgan fingerprint density at radius 1 is 1.11 bits per heavy atom. The number of hydrogen-bond acceptors (Lipinski definition) is 7. The van der Waals surface area contributed by atoms with Crippen LogP contribution in [0.3, 0.4) is 0 Å². The molecule has 7 nitrogen and oxygen atoms in total. The van der Waals surface area contributed by atoms with E-state index >= 15 is 0 Å². The highest BCUT2D eigenvalue weighted by molar-refractivity contribution is 7.98. The Morgan fingerprint density at radius 3 is 2.75 bits per heavy atom. The Hall–Kier alpha value is -3.00. The smallest absolute Gasteiger partial charge is 0.227 e. The highest BCUT2D eigenvalue weighted by atomic mass is 32.2. The molecule has 0 fully saturated rings. The molecule has 3 aromatic rings. The first kappa shape index (κ1) is 17.1. The van der Waals surface area contributed by atoms with Crippen LogP contribution in [0, 0.1) is 0 Å². The molecule has 0 aromatic carbocycles. The molecular weight excluding hydrogens is 372 g/mol. The van der Waals surface area contributed by atoms with E-state index in [4.69, 9.17) is 5.10 Å². The number of fused-ring (bicyclic) bond motifs is 1. The molecule has 4 heterocycles. The van der Waals surface area contributed by atoms with E-state index in [1.165, 1.54) is 11.8 Å². The van der Waals surface area contributed by atoms with Crippen LogP contribution < -0.4 is 5.32 Å². The van der Waals surface area contributed by atoms with Crippen molar-refractivity contribution in [3.05, 3.63) is 71.4 Å². The SMILES string of the molecule is O=C1CCCC2=C1[C@@H](c1ccccn1)n1nc(SCc3ccccn3)nc1N2. The molecule has 5 rings (SSSR count). The summed E-state index contributed by atoms with van der Waals surface area (Å²) in [5.41, 5.74) is 3.50. The van der Waals surface area contributed by atoms with Gasteiger partial charge in [0.15, 0.2) is 5.78 Å². The van der Waals surface area contributed by atoms with Crippen molar-refractivity contribution in [2.24, 2.45) is 0 Å². The lowest BCUT2D eigenvalue weighted by Gasteiger charge is -2.31. The van der Waals surface area contributed by atoms with Gasteiger partial charge in [-0.1, -0.05) is 23.9 Å². The Bertz CT molecular complexity index is 1050. The number of aromatic nitrogens is 5. The number of nitrogens with zero attached hydrogens (tertiary/aromatic N) is 5. The largest absolute Gasteiger partial charge is 0.328 e. The molecule has 1 aliphatic heterocycles. The predicted octanol–water partition coefficient (Wildman–Crippen LogP) is 3.38. The van der Waals surface area contributed by atoms with Crippen LogP contribution in [0.25, 0.3) is 0 Å². The third-order valence-electron chi connectivity index (χ3n) is 4.89. The minimum Gasteiger partial charge on any atom is -0.328 e. The summed E-state index contributed by atoms with van der Waals surface area (Å²) in [6.45, 7) is 0. The van der Waals surface area contributed by atoms with Gasteiger partial charge in [-0.15, -0.1) is 5.10 Å². The van der Waals surface area contributed by atoms with Crippen molar-refractivity contribution in [3.63, 3.8) is 0 Å². The number of anilines is 1. The lowest BCUT2D eigenvalue weighted by atomic mass is 9.87. The van der Waals surface area contributed by atoms with Crippen LogP contribution in [-0.4, -0.2) is 30.5 Å². The van der Waals surface area contributed by atoms with E-state index in [1.54, 1.807) is 17.1 Å². The summed E-state index contributed by atoms with van der Waals surface area (Å²) in [5, 5.41) is 8.69. The van der Waals surface area contributed by atoms with Crippen LogP contribution in [0.1, 0.15) is 36.7 Å². The van der Waals surface area contributed by atoms with E-state index in [-0.39, 0.29) is 11.8 Å². The molecule has 140 valence electrons. The van der Waals surface area contributed by atoms with Crippen LogP contribution in [0.4, 0.5) is 5.95 Å².